The van der Waals surface area contributed by atoms with Gasteiger partial charge in [-0.25, -0.2) is 19.7 Å². The second-order valence-corrected chi connectivity index (χ2v) is 11.2. The monoisotopic (exact) mass is 633 g/mol. The van der Waals surface area contributed by atoms with Crippen molar-refractivity contribution in [2.75, 3.05) is 43.4 Å². The summed E-state index contributed by atoms with van der Waals surface area (Å²) < 4.78 is 22.4. The number of anilines is 3. The first kappa shape index (κ1) is 30.0. The Morgan fingerprint density at radius 1 is 1.12 bits per heavy atom. The van der Waals surface area contributed by atoms with E-state index in [0.717, 1.165) is 25.9 Å². The number of halogens is 2. The minimum Gasteiger partial charge on any atom is -0.495 e. The molecule has 222 valence electrons. The van der Waals surface area contributed by atoms with E-state index in [2.05, 4.69) is 20.6 Å². The van der Waals surface area contributed by atoms with E-state index in [0.29, 0.717) is 56.7 Å². The molecule has 5 rings (SSSR count). The number of amides is 3. The van der Waals surface area contributed by atoms with Crippen LogP contribution in [0.3, 0.4) is 0 Å². The van der Waals surface area contributed by atoms with Gasteiger partial charge in [-0.15, -0.1) is 0 Å². The zero-order valence-corrected chi connectivity index (χ0v) is 25.3. The quantitative estimate of drug-likeness (QED) is 0.209. The third-order valence-electron chi connectivity index (χ3n) is 6.66. The summed E-state index contributed by atoms with van der Waals surface area (Å²) in [7, 11) is 3.02. The topological polar surface area (TPSA) is 124 Å². The second-order valence-electron chi connectivity index (χ2n) is 9.42. The smallest absolute Gasteiger partial charge is 0.328 e. The van der Waals surface area contributed by atoms with E-state index in [1.54, 1.807) is 31.4 Å². The van der Waals surface area contributed by atoms with Crippen molar-refractivity contribution < 1.29 is 28.5 Å². The van der Waals surface area contributed by atoms with Crippen LogP contribution in [0.1, 0.15) is 24.8 Å². The van der Waals surface area contributed by atoms with Crippen molar-refractivity contribution in [2.24, 2.45) is 0 Å². The Bertz CT molecular complexity index is 1470. The number of fused-ring (bicyclic) bond motifs is 1. The molecule has 0 aliphatic carbocycles. The SMILES string of the molecule is COc1cc(N2C(=O)NCc3c(SCC(=O)Nc4ccc(OCC5CCCCO5)c(OC)c4)ncnc32)c(Cl)cc1Cl. The lowest BCUT2D eigenvalue weighted by Gasteiger charge is -2.30. The number of hydrogen-bond acceptors (Lipinski definition) is 9. The molecule has 14 heteroatoms. The Labute approximate surface area is 257 Å². The average molecular weight is 635 g/mol. The lowest BCUT2D eigenvalue weighted by atomic mass is 10.1. The number of hydrogen-bond donors (Lipinski definition) is 2. The van der Waals surface area contributed by atoms with Gasteiger partial charge in [-0.3, -0.25) is 4.79 Å². The molecule has 3 heterocycles. The predicted octanol–water partition coefficient (Wildman–Crippen LogP) is 5.84. The number of thioether (sulfide) groups is 1. The summed E-state index contributed by atoms with van der Waals surface area (Å²) in [6.07, 6.45) is 4.59. The Morgan fingerprint density at radius 2 is 1.95 bits per heavy atom. The van der Waals surface area contributed by atoms with E-state index in [1.165, 1.54) is 36.2 Å². The van der Waals surface area contributed by atoms with Crippen LogP contribution in [0.4, 0.5) is 22.0 Å². The van der Waals surface area contributed by atoms with Gasteiger partial charge in [0.2, 0.25) is 5.91 Å². The van der Waals surface area contributed by atoms with Crippen LogP contribution >= 0.6 is 35.0 Å². The first-order valence-electron chi connectivity index (χ1n) is 13.2. The largest absolute Gasteiger partial charge is 0.495 e. The molecular formula is C28H29Cl2N5O6S. The summed E-state index contributed by atoms with van der Waals surface area (Å²) in [6.45, 7) is 1.38. The Hall–Kier alpha value is -3.45. The van der Waals surface area contributed by atoms with Crippen LogP contribution in [-0.2, 0) is 16.1 Å². The molecule has 2 N–H and O–H groups in total. The van der Waals surface area contributed by atoms with Crippen molar-refractivity contribution >= 4 is 64.1 Å². The Morgan fingerprint density at radius 3 is 2.71 bits per heavy atom. The van der Waals surface area contributed by atoms with E-state index < -0.39 is 6.03 Å². The number of carbonyl (C=O) groups excluding carboxylic acids is 2. The molecule has 3 amide bonds. The maximum Gasteiger partial charge on any atom is 0.328 e. The Kier molecular flexibility index (Phi) is 9.78. The van der Waals surface area contributed by atoms with E-state index in [1.807, 2.05) is 0 Å². The van der Waals surface area contributed by atoms with Gasteiger partial charge in [-0.05, 0) is 37.5 Å². The fourth-order valence-electron chi connectivity index (χ4n) is 4.59. The third kappa shape index (κ3) is 6.78. The van der Waals surface area contributed by atoms with Crippen molar-refractivity contribution in [3.05, 3.63) is 52.3 Å². The van der Waals surface area contributed by atoms with E-state index in [4.69, 9.17) is 42.1 Å². The molecule has 0 radical (unpaired) electrons. The summed E-state index contributed by atoms with van der Waals surface area (Å²) >= 11 is 13.9. The molecule has 2 aliphatic rings. The van der Waals surface area contributed by atoms with E-state index in [-0.39, 0.29) is 29.3 Å². The highest BCUT2D eigenvalue weighted by Crippen LogP contribution is 2.41. The normalized spacial score (nSPS) is 16.3. The molecule has 1 unspecified atom stereocenters. The Balaban J connectivity index is 1.26. The van der Waals surface area contributed by atoms with Gasteiger partial charge in [0.25, 0.3) is 0 Å². The molecule has 42 heavy (non-hydrogen) atoms. The summed E-state index contributed by atoms with van der Waals surface area (Å²) in [5, 5.41) is 6.78. The number of carbonyl (C=O) groups is 2. The molecule has 1 atom stereocenters. The van der Waals surface area contributed by atoms with Crippen molar-refractivity contribution in [1.82, 2.24) is 15.3 Å². The van der Waals surface area contributed by atoms with Gasteiger partial charge in [-0.2, -0.15) is 0 Å². The summed E-state index contributed by atoms with van der Waals surface area (Å²) in [4.78, 5) is 35.8. The minimum absolute atomic E-state index is 0.0620. The second kappa shape index (κ2) is 13.7. The van der Waals surface area contributed by atoms with Crippen LogP contribution in [0, 0.1) is 0 Å². The fourth-order valence-corrected chi connectivity index (χ4v) is 5.93. The number of ether oxygens (including phenoxy) is 4. The standard InChI is InChI=1S/C28H29Cl2N5O6S/c1-38-23-11-21(19(29)10-20(23)30)35-26-18(12-31-28(35)37)27(33-15-32-26)42-14-25(36)34-16-6-7-22(24(9-16)39-2)41-13-17-5-3-4-8-40-17/h6-7,9-11,15,17H,3-5,8,12-14H2,1-2H3,(H,31,37)(H,34,36). The van der Waals surface area contributed by atoms with Gasteiger partial charge < -0.3 is 29.6 Å². The molecule has 0 saturated carbocycles. The van der Waals surface area contributed by atoms with Gasteiger partial charge in [0, 0.05) is 30.0 Å². The molecule has 0 spiro atoms. The predicted molar refractivity (Wildman–Crippen MR) is 161 cm³/mol. The molecule has 11 nitrogen and oxygen atoms in total. The molecule has 1 saturated heterocycles. The summed E-state index contributed by atoms with van der Waals surface area (Å²) in [5.41, 5.74) is 1.55. The number of methoxy groups -OCH3 is 2. The molecular weight excluding hydrogens is 605 g/mol. The fraction of sp³-hybridized carbons (Fsp3) is 0.357. The molecule has 1 fully saturated rings. The summed E-state index contributed by atoms with van der Waals surface area (Å²) in [5.74, 6) is 1.60. The highest BCUT2D eigenvalue weighted by Gasteiger charge is 2.31. The van der Waals surface area contributed by atoms with Gasteiger partial charge >= 0.3 is 6.03 Å². The number of urea groups is 1. The van der Waals surface area contributed by atoms with E-state index in [9.17, 15) is 9.59 Å². The molecule has 3 aromatic rings. The van der Waals surface area contributed by atoms with Crippen LogP contribution in [0.2, 0.25) is 10.0 Å². The van der Waals surface area contributed by atoms with Crippen LogP contribution in [-0.4, -0.2) is 61.2 Å². The van der Waals surface area contributed by atoms with Gasteiger partial charge in [0.05, 0.1) is 48.4 Å². The van der Waals surface area contributed by atoms with Crippen molar-refractivity contribution in [1.29, 1.82) is 0 Å². The first-order chi connectivity index (χ1) is 20.4. The molecule has 0 bridgehead atoms. The molecule has 2 aromatic carbocycles. The lowest BCUT2D eigenvalue weighted by molar-refractivity contribution is -0.113. The number of rotatable bonds is 10. The van der Waals surface area contributed by atoms with Crippen LogP contribution in [0.15, 0.2) is 41.7 Å². The lowest BCUT2D eigenvalue weighted by Crippen LogP contribution is -2.42. The number of aromatic nitrogens is 2. The van der Waals surface area contributed by atoms with Gasteiger partial charge in [-0.1, -0.05) is 35.0 Å². The van der Waals surface area contributed by atoms with Crippen LogP contribution in [0.25, 0.3) is 0 Å². The highest BCUT2D eigenvalue weighted by molar-refractivity contribution is 8.00. The number of nitrogens with one attached hydrogen (secondary N) is 2. The van der Waals surface area contributed by atoms with Gasteiger partial charge in [0.1, 0.15) is 23.7 Å². The number of nitrogens with zero attached hydrogens (tertiary/aromatic N) is 3. The molecule has 1 aromatic heterocycles. The number of benzene rings is 2. The molecule has 2 aliphatic heterocycles. The zero-order valence-electron chi connectivity index (χ0n) is 22.9. The highest BCUT2D eigenvalue weighted by atomic mass is 35.5. The zero-order chi connectivity index (χ0) is 29.6. The first-order valence-corrected chi connectivity index (χ1v) is 14.9. The maximum atomic E-state index is 12.9. The van der Waals surface area contributed by atoms with Crippen molar-refractivity contribution in [3.63, 3.8) is 0 Å². The maximum absolute atomic E-state index is 12.9. The van der Waals surface area contributed by atoms with E-state index >= 15 is 0 Å². The third-order valence-corrected chi connectivity index (χ3v) is 8.29. The minimum atomic E-state index is -0.422. The van der Waals surface area contributed by atoms with Crippen molar-refractivity contribution in [3.8, 4) is 17.2 Å². The van der Waals surface area contributed by atoms with Gasteiger partial charge in [0.15, 0.2) is 17.3 Å². The summed E-state index contributed by atoms with van der Waals surface area (Å²) in [6, 6.07) is 7.87. The van der Waals surface area contributed by atoms with Crippen LogP contribution < -0.4 is 29.7 Å². The van der Waals surface area contributed by atoms with Crippen LogP contribution in [0.5, 0.6) is 17.2 Å². The van der Waals surface area contributed by atoms with Crippen molar-refractivity contribution in [2.45, 2.75) is 36.9 Å². The average Bonchev–Trinajstić information content (AvgIpc) is 3.00.